The third-order valence-electron chi connectivity index (χ3n) is 2.54. The van der Waals surface area contributed by atoms with E-state index in [9.17, 15) is 14.8 Å². The molecule has 3 N–H and O–H groups in total. The summed E-state index contributed by atoms with van der Waals surface area (Å²) < 4.78 is 0. The van der Waals surface area contributed by atoms with Crippen molar-refractivity contribution >= 4 is 24.7 Å². The summed E-state index contributed by atoms with van der Waals surface area (Å²) in [6.07, 6.45) is 3.85. The van der Waals surface area contributed by atoms with Crippen molar-refractivity contribution in [2.75, 3.05) is 5.32 Å². The summed E-state index contributed by atoms with van der Waals surface area (Å²) in [5, 5.41) is 20.8. The molecule has 18 heavy (non-hydrogen) atoms. The first-order valence-corrected chi connectivity index (χ1v) is 5.33. The molecule has 1 aromatic heterocycles. The van der Waals surface area contributed by atoms with E-state index in [0.717, 1.165) is 11.1 Å². The highest BCUT2D eigenvalue weighted by molar-refractivity contribution is 6.60. The Labute approximate surface area is 104 Å². The lowest BCUT2D eigenvalue weighted by Crippen LogP contribution is -2.32. The van der Waals surface area contributed by atoms with Crippen molar-refractivity contribution in [2.45, 2.75) is 0 Å². The summed E-state index contributed by atoms with van der Waals surface area (Å²) in [4.78, 5) is 14.5. The van der Waals surface area contributed by atoms with Gasteiger partial charge in [-0.15, -0.1) is 0 Å². The fraction of sp³-hybridized carbons (Fsp3) is 0. The van der Waals surface area contributed by atoms with Gasteiger partial charge in [0.2, 0.25) is 6.41 Å². The smallest absolute Gasteiger partial charge is 0.423 e. The maximum Gasteiger partial charge on any atom is 0.490 e. The van der Waals surface area contributed by atoms with Crippen LogP contribution in [0, 0.1) is 0 Å². The minimum absolute atomic E-state index is 0.245. The SMILES string of the molecule is O=CNc1cc(-c2cccnc2)ccc1B(O)O. The zero-order valence-electron chi connectivity index (χ0n) is 9.45. The van der Waals surface area contributed by atoms with Crippen LogP contribution < -0.4 is 10.8 Å². The molecule has 0 fully saturated rings. The molecular formula is C12H11BN2O3. The van der Waals surface area contributed by atoms with Crippen LogP contribution in [0.4, 0.5) is 5.69 Å². The molecule has 1 amide bonds. The number of benzene rings is 1. The molecule has 0 unspecified atom stereocenters. The first-order valence-electron chi connectivity index (χ1n) is 5.33. The summed E-state index contributed by atoms with van der Waals surface area (Å²) in [6.45, 7) is 0. The normalized spacial score (nSPS) is 9.89. The Morgan fingerprint density at radius 1 is 1.22 bits per heavy atom. The van der Waals surface area contributed by atoms with E-state index in [1.165, 1.54) is 0 Å². The topological polar surface area (TPSA) is 82.5 Å². The highest BCUT2D eigenvalue weighted by Crippen LogP contribution is 2.20. The summed E-state index contributed by atoms with van der Waals surface area (Å²) in [7, 11) is -1.63. The van der Waals surface area contributed by atoms with Gasteiger partial charge in [-0.25, -0.2) is 0 Å². The fourth-order valence-corrected chi connectivity index (χ4v) is 1.68. The molecule has 0 saturated heterocycles. The van der Waals surface area contributed by atoms with Crippen LogP contribution in [-0.4, -0.2) is 28.6 Å². The Morgan fingerprint density at radius 3 is 2.67 bits per heavy atom. The van der Waals surface area contributed by atoms with Crippen molar-refractivity contribution in [1.29, 1.82) is 0 Å². The molecule has 1 aromatic carbocycles. The van der Waals surface area contributed by atoms with Crippen molar-refractivity contribution in [3.05, 3.63) is 42.7 Å². The monoisotopic (exact) mass is 242 g/mol. The molecule has 0 radical (unpaired) electrons. The lowest BCUT2D eigenvalue weighted by molar-refractivity contribution is -0.105. The number of rotatable bonds is 4. The van der Waals surface area contributed by atoms with Crippen LogP contribution in [-0.2, 0) is 4.79 Å². The van der Waals surface area contributed by atoms with Gasteiger partial charge in [0.15, 0.2) is 0 Å². The van der Waals surface area contributed by atoms with Gasteiger partial charge in [0, 0.05) is 29.1 Å². The summed E-state index contributed by atoms with van der Waals surface area (Å²) in [5.41, 5.74) is 2.32. The maximum atomic E-state index is 10.5. The Morgan fingerprint density at radius 2 is 2.06 bits per heavy atom. The van der Waals surface area contributed by atoms with E-state index in [4.69, 9.17) is 0 Å². The third kappa shape index (κ3) is 2.56. The first kappa shape index (κ1) is 12.3. The zero-order valence-corrected chi connectivity index (χ0v) is 9.45. The van der Waals surface area contributed by atoms with E-state index in [0.29, 0.717) is 12.1 Å². The van der Waals surface area contributed by atoms with Gasteiger partial charge < -0.3 is 15.4 Å². The van der Waals surface area contributed by atoms with E-state index in [2.05, 4.69) is 10.3 Å². The quantitative estimate of drug-likeness (QED) is 0.520. The molecule has 2 rings (SSSR count). The Kier molecular flexibility index (Phi) is 3.71. The van der Waals surface area contributed by atoms with Gasteiger partial charge in [-0.2, -0.15) is 0 Å². The second-order valence-electron chi connectivity index (χ2n) is 3.68. The number of anilines is 1. The van der Waals surface area contributed by atoms with Gasteiger partial charge in [-0.3, -0.25) is 9.78 Å². The van der Waals surface area contributed by atoms with Gasteiger partial charge in [-0.05, 0) is 17.7 Å². The summed E-state index contributed by atoms with van der Waals surface area (Å²) in [6, 6.07) is 8.64. The second-order valence-corrected chi connectivity index (χ2v) is 3.68. The molecule has 0 bridgehead atoms. The van der Waals surface area contributed by atoms with Crippen LogP contribution >= 0.6 is 0 Å². The minimum Gasteiger partial charge on any atom is -0.423 e. The van der Waals surface area contributed by atoms with Gasteiger partial charge in [0.25, 0.3) is 0 Å². The van der Waals surface area contributed by atoms with Crippen molar-refractivity contribution < 1.29 is 14.8 Å². The van der Waals surface area contributed by atoms with Crippen molar-refractivity contribution in [2.24, 2.45) is 0 Å². The number of carbonyl (C=O) groups is 1. The molecule has 5 nitrogen and oxygen atoms in total. The number of carbonyl (C=O) groups excluding carboxylic acids is 1. The van der Waals surface area contributed by atoms with Crippen LogP contribution in [0.1, 0.15) is 0 Å². The summed E-state index contributed by atoms with van der Waals surface area (Å²) in [5.74, 6) is 0. The number of hydrogen-bond acceptors (Lipinski definition) is 4. The highest BCUT2D eigenvalue weighted by Gasteiger charge is 2.16. The zero-order chi connectivity index (χ0) is 13.0. The molecule has 0 aliphatic heterocycles. The molecule has 0 atom stereocenters. The maximum absolute atomic E-state index is 10.5. The molecule has 0 spiro atoms. The van der Waals surface area contributed by atoms with E-state index >= 15 is 0 Å². The Hall–Kier alpha value is -2.18. The number of pyridine rings is 1. The molecule has 90 valence electrons. The third-order valence-corrected chi connectivity index (χ3v) is 2.54. The van der Waals surface area contributed by atoms with Gasteiger partial charge >= 0.3 is 7.12 Å². The Bertz CT molecular complexity index is 546. The lowest BCUT2D eigenvalue weighted by Gasteiger charge is -2.10. The molecule has 2 aromatic rings. The second kappa shape index (κ2) is 5.44. The largest absolute Gasteiger partial charge is 0.490 e. The standard InChI is InChI=1S/C12H11BN2O3/c16-8-15-12-6-9(3-4-11(12)13(17)18)10-2-1-5-14-7-10/h1-8,17-18H,(H,15,16). The minimum atomic E-state index is -1.63. The van der Waals surface area contributed by atoms with Crippen LogP contribution in [0.5, 0.6) is 0 Å². The Balaban J connectivity index is 2.46. The van der Waals surface area contributed by atoms with Crippen LogP contribution in [0.15, 0.2) is 42.7 Å². The molecule has 0 aliphatic carbocycles. The molecular weight excluding hydrogens is 231 g/mol. The molecule has 0 saturated carbocycles. The van der Waals surface area contributed by atoms with Crippen LogP contribution in [0.2, 0.25) is 0 Å². The van der Waals surface area contributed by atoms with E-state index in [1.807, 2.05) is 6.07 Å². The average Bonchev–Trinajstić information content (AvgIpc) is 2.40. The van der Waals surface area contributed by atoms with Crippen molar-refractivity contribution in [1.82, 2.24) is 4.98 Å². The number of nitrogens with zero attached hydrogens (tertiary/aromatic N) is 1. The lowest BCUT2D eigenvalue weighted by atomic mass is 9.78. The highest BCUT2D eigenvalue weighted by atomic mass is 16.4. The van der Waals surface area contributed by atoms with E-state index in [-0.39, 0.29) is 5.46 Å². The summed E-state index contributed by atoms with van der Waals surface area (Å²) >= 11 is 0. The molecule has 6 heteroatoms. The van der Waals surface area contributed by atoms with Crippen molar-refractivity contribution in [3.8, 4) is 11.1 Å². The average molecular weight is 242 g/mol. The van der Waals surface area contributed by atoms with Gasteiger partial charge in [0.05, 0.1) is 0 Å². The van der Waals surface area contributed by atoms with Crippen LogP contribution in [0.25, 0.3) is 11.1 Å². The number of nitrogens with one attached hydrogen (secondary N) is 1. The predicted octanol–water partition coefficient (Wildman–Crippen LogP) is -0.00330. The number of aromatic nitrogens is 1. The number of amides is 1. The predicted molar refractivity (Wildman–Crippen MR) is 69.2 cm³/mol. The molecule has 0 aliphatic rings. The molecule has 1 heterocycles. The first-order chi connectivity index (χ1) is 8.72. The van der Waals surface area contributed by atoms with E-state index < -0.39 is 7.12 Å². The van der Waals surface area contributed by atoms with Crippen molar-refractivity contribution in [3.63, 3.8) is 0 Å². The van der Waals surface area contributed by atoms with Gasteiger partial charge in [-0.1, -0.05) is 18.2 Å². The van der Waals surface area contributed by atoms with E-state index in [1.54, 1.807) is 36.7 Å². The fourth-order valence-electron chi connectivity index (χ4n) is 1.68. The van der Waals surface area contributed by atoms with Gasteiger partial charge in [0.1, 0.15) is 0 Å². The number of hydrogen-bond donors (Lipinski definition) is 3. The van der Waals surface area contributed by atoms with Crippen LogP contribution in [0.3, 0.4) is 0 Å².